The van der Waals surface area contributed by atoms with E-state index in [-0.39, 0.29) is 5.91 Å². The third-order valence-electron chi connectivity index (χ3n) is 3.26. The average molecular weight is 267 g/mol. The Bertz CT molecular complexity index is 652. The molecular weight excluding hydrogens is 254 g/mol. The standard InChI is InChI=1S/C16H13NO3/c18-11-12-6-7-15-14(10-12)16(19)17(8-9-20-15)13-4-2-1-3-5-13/h1-7,10-11H,8-9H2. The predicted octanol–water partition coefficient (Wildman–Crippen LogP) is 2.54. The molecule has 0 radical (unpaired) electrons. The van der Waals surface area contributed by atoms with Crippen LogP contribution in [0.3, 0.4) is 0 Å². The van der Waals surface area contributed by atoms with Gasteiger partial charge in [0, 0.05) is 11.3 Å². The Balaban J connectivity index is 2.04. The second-order valence-corrected chi connectivity index (χ2v) is 4.51. The highest BCUT2D eigenvalue weighted by Crippen LogP contribution is 2.26. The molecule has 100 valence electrons. The predicted molar refractivity (Wildman–Crippen MR) is 75.4 cm³/mol. The van der Waals surface area contributed by atoms with Gasteiger partial charge in [-0.05, 0) is 30.3 Å². The molecule has 0 unspecified atom stereocenters. The lowest BCUT2D eigenvalue weighted by atomic mass is 10.1. The molecule has 0 bridgehead atoms. The van der Waals surface area contributed by atoms with Crippen LogP contribution < -0.4 is 9.64 Å². The summed E-state index contributed by atoms with van der Waals surface area (Å²) in [6.45, 7) is 0.905. The maximum atomic E-state index is 12.6. The number of anilines is 1. The molecule has 0 aromatic heterocycles. The summed E-state index contributed by atoms with van der Waals surface area (Å²) in [6, 6.07) is 14.3. The van der Waals surface area contributed by atoms with Gasteiger partial charge in [0.15, 0.2) is 0 Å². The Hall–Kier alpha value is -2.62. The summed E-state index contributed by atoms with van der Waals surface area (Å²) < 4.78 is 5.59. The Morgan fingerprint density at radius 3 is 2.65 bits per heavy atom. The van der Waals surface area contributed by atoms with E-state index in [9.17, 15) is 9.59 Å². The van der Waals surface area contributed by atoms with Crippen LogP contribution in [0.5, 0.6) is 5.75 Å². The van der Waals surface area contributed by atoms with Crippen molar-refractivity contribution in [2.24, 2.45) is 0 Å². The zero-order valence-corrected chi connectivity index (χ0v) is 10.8. The largest absolute Gasteiger partial charge is 0.491 e. The van der Waals surface area contributed by atoms with E-state index in [4.69, 9.17) is 4.74 Å². The molecule has 0 aliphatic carbocycles. The molecular formula is C16H13NO3. The first-order valence-corrected chi connectivity index (χ1v) is 6.38. The fraction of sp³-hybridized carbons (Fsp3) is 0.125. The van der Waals surface area contributed by atoms with Crippen LogP contribution in [0.15, 0.2) is 48.5 Å². The fourth-order valence-corrected chi connectivity index (χ4v) is 2.26. The Morgan fingerprint density at radius 2 is 1.90 bits per heavy atom. The maximum absolute atomic E-state index is 12.6. The van der Waals surface area contributed by atoms with Gasteiger partial charge in [-0.1, -0.05) is 18.2 Å². The second kappa shape index (κ2) is 5.17. The monoisotopic (exact) mass is 267 g/mol. The number of nitrogens with zero attached hydrogens (tertiary/aromatic N) is 1. The van der Waals surface area contributed by atoms with Crippen LogP contribution in [-0.2, 0) is 0 Å². The van der Waals surface area contributed by atoms with Gasteiger partial charge in [-0.25, -0.2) is 0 Å². The molecule has 4 nitrogen and oxygen atoms in total. The summed E-state index contributed by atoms with van der Waals surface area (Å²) in [5.41, 5.74) is 1.72. The van der Waals surface area contributed by atoms with Gasteiger partial charge in [0.1, 0.15) is 18.6 Å². The molecule has 0 spiro atoms. The van der Waals surface area contributed by atoms with E-state index < -0.39 is 0 Å². The summed E-state index contributed by atoms with van der Waals surface area (Å²) in [5, 5.41) is 0. The topological polar surface area (TPSA) is 46.6 Å². The van der Waals surface area contributed by atoms with Crippen molar-refractivity contribution in [3.8, 4) is 5.75 Å². The van der Waals surface area contributed by atoms with Crippen molar-refractivity contribution in [3.63, 3.8) is 0 Å². The van der Waals surface area contributed by atoms with E-state index in [1.54, 1.807) is 23.1 Å². The quantitative estimate of drug-likeness (QED) is 0.785. The summed E-state index contributed by atoms with van der Waals surface area (Å²) in [6.07, 6.45) is 0.727. The first-order chi connectivity index (χ1) is 9.79. The van der Waals surface area contributed by atoms with Crippen LogP contribution in [0.2, 0.25) is 0 Å². The minimum absolute atomic E-state index is 0.146. The van der Waals surface area contributed by atoms with Crippen molar-refractivity contribution < 1.29 is 14.3 Å². The fourth-order valence-electron chi connectivity index (χ4n) is 2.26. The number of carbonyl (C=O) groups excluding carboxylic acids is 2. The van der Waals surface area contributed by atoms with E-state index in [1.807, 2.05) is 30.3 Å². The minimum Gasteiger partial charge on any atom is -0.491 e. The number of hydrogen-bond donors (Lipinski definition) is 0. The van der Waals surface area contributed by atoms with Crippen LogP contribution in [0.1, 0.15) is 20.7 Å². The zero-order chi connectivity index (χ0) is 13.9. The Morgan fingerprint density at radius 1 is 1.10 bits per heavy atom. The van der Waals surface area contributed by atoms with Crippen LogP contribution in [0.4, 0.5) is 5.69 Å². The number of fused-ring (bicyclic) bond motifs is 1. The van der Waals surface area contributed by atoms with Gasteiger partial charge < -0.3 is 9.64 Å². The molecule has 2 aromatic rings. The van der Waals surface area contributed by atoms with Gasteiger partial charge in [-0.3, -0.25) is 9.59 Å². The number of hydrogen-bond acceptors (Lipinski definition) is 3. The molecule has 0 fully saturated rings. The number of para-hydroxylation sites is 1. The molecule has 20 heavy (non-hydrogen) atoms. The van der Waals surface area contributed by atoms with Crippen LogP contribution in [0.25, 0.3) is 0 Å². The molecule has 0 saturated carbocycles. The van der Waals surface area contributed by atoms with Crippen molar-refractivity contribution in [2.45, 2.75) is 0 Å². The molecule has 1 aliphatic heterocycles. The lowest BCUT2D eigenvalue weighted by Gasteiger charge is -2.19. The molecule has 1 heterocycles. The van der Waals surface area contributed by atoms with E-state index in [0.717, 1.165) is 12.0 Å². The van der Waals surface area contributed by atoms with Crippen LogP contribution in [-0.4, -0.2) is 25.3 Å². The number of benzene rings is 2. The van der Waals surface area contributed by atoms with Crippen molar-refractivity contribution in [1.29, 1.82) is 0 Å². The van der Waals surface area contributed by atoms with E-state index in [1.165, 1.54) is 0 Å². The van der Waals surface area contributed by atoms with Gasteiger partial charge >= 0.3 is 0 Å². The summed E-state index contributed by atoms with van der Waals surface area (Å²) in [7, 11) is 0. The highest BCUT2D eigenvalue weighted by atomic mass is 16.5. The maximum Gasteiger partial charge on any atom is 0.262 e. The zero-order valence-electron chi connectivity index (χ0n) is 10.8. The molecule has 0 atom stereocenters. The minimum atomic E-state index is -0.146. The molecule has 3 rings (SSSR count). The van der Waals surface area contributed by atoms with E-state index >= 15 is 0 Å². The molecule has 0 N–H and O–H groups in total. The normalized spacial score (nSPS) is 14.2. The number of carbonyl (C=O) groups is 2. The smallest absolute Gasteiger partial charge is 0.262 e. The average Bonchev–Trinajstić information content (AvgIpc) is 2.67. The van der Waals surface area contributed by atoms with Gasteiger partial charge in [-0.2, -0.15) is 0 Å². The summed E-state index contributed by atoms with van der Waals surface area (Å²) in [4.78, 5) is 25.2. The lowest BCUT2D eigenvalue weighted by Crippen LogP contribution is -2.32. The molecule has 0 saturated heterocycles. The molecule has 1 amide bonds. The highest BCUT2D eigenvalue weighted by molar-refractivity contribution is 6.08. The number of ether oxygens (including phenoxy) is 1. The highest BCUT2D eigenvalue weighted by Gasteiger charge is 2.24. The third-order valence-corrected chi connectivity index (χ3v) is 3.26. The Labute approximate surface area is 116 Å². The van der Waals surface area contributed by atoms with Gasteiger partial charge in [0.25, 0.3) is 5.91 Å². The van der Waals surface area contributed by atoms with Crippen molar-refractivity contribution >= 4 is 17.9 Å². The molecule has 2 aromatic carbocycles. The molecule has 4 heteroatoms. The lowest BCUT2D eigenvalue weighted by molar-refractivity contribution is 0.0990. The first kappa shape index (κ1) is 12.4. The van der Waals surface area contributed by atoms with Crippen molar-refractivity contribution in [1.82, 2.24) is 0 Å². The van der Waals surface area contributed by atoms with Gasteiger partial charge in [0.2, 0.25) is 0 Å². The first-order valence-electron chi connectivity index (χ1n) is 6.38. The van der Waals surface area contributed by atoms with Crippen LogP contribution >= 0.6 is 0 Å². The number of amides is 1. The van der Waals surface area contributed by atoms with Crippen LogP contribution in [0, 0.1) is 0 Å². The van der Waals surface area contributed by atoms with E-state index in [2.05, 4.69) is 0 Å². The summed E-state index contributed by atoms with van der Waals surface area (Å²) in [5.74, 6) is 0.381. The van der Waals surface area contributed by atoms with E-state index in [0.29, 0.717) is 30.0 Å². The second-order valence-electron chi connectivity index (χ2n) is 4.51. The number of aldehydes is 1. The number of rotatable bonds is 2. The van der Waals surface area contributed by atoms with Gasteiger partial charge in [0.05, 0.1) is 12.1 Å². The summed E-state index contributed by atoms with van der Waals surface area (Å²) >= 11 is 0. The Kier molecular flexibility index (Phi) is 3.21. The van der Waals surface area contributed by atoms with Crippen molar-refractivity contribution in [2.75, 3.05) is 18.1 Å². The SMILES string of the molecule is O=Cc1ccc2c(c1)C(=O)N(c1ccccc1)CCO2. The molecule has 1 aliphatic rings. The van der Waals surface area contributed by atoms with Crippen molar-refractivity contribution in [3.05, 3.63) is 59.7 Å². The van der Waals surface area contributed by atoms with Gasteiger partial charge in [-0.15, -0.1) is 0 Å². The third kappa shape index (κ3) is 2.16.